The Morgan fingerprint density at radius 2 is 1.48 bits per heavy atom. The van der Waals surface area contributed by atoms with Crippen molar-refractivity contribution in [3.8, 4) is 11.1 Å². The molecule has 0 heterocycles. The largest absolute Gasteiger partial charge is 0.393 e. The van der Waals surface area contributed by atoms with Gasteiger partial charge in [-0.15, -0.1) is 0 Å². The Morgan fingerprint density at radius 3 is 2.19 bits per heavy atom. The van der Waals surface area contributed by atoms with Gasteiger partial charge in [0.15, 0.2) is 5.78 Å². The molecule has 6 nitrogen and oxygen atoms in total. The SMILES string of the molecule is CC1=CCCC2(C)C(CCC2(O)CN(Cc2ccccc2)CC(O)COCc2ccccc2)c2ccc(cc2C(=O)c2ccc(-c3ccccc3)cc2)CC(O)CC1. The molecule has 0 saturated heterocycles. The van der Waals surface area contributed by atoms with Crippen LogP contribution in [0.5, 0.6) is 0 Å². The van der Waals surface area contributed by atoms with Gasteiger partial charge in [-0.05, 0) is 97.2 Å². The van der Waals surface area contributed by atoms with Crippen LogP contribution in [-0.4, -0.2) is 63.5 Å². The minimum absolute atomic E-state index is 0.0455. The number of carbonyl (C=O) groups excluding carboxylic acids is 1. The Morgan fingerprint density at radius 1 is 0.828 bits per heavy atom. The van der Waals surface area contributed by atoms with E-state index in [-0.39, 0.29) is 18.3 Å². The minimum atomic E-state index is -1.12. The van der Waals surface area contributed by atoms with Gasteiger partial charge in [-0.3, -0.25) is 9.69 Å². The summed E-state index contributed by atoms with van der Waals surface area (Å²) in [5.74, 6) is -0.149. The number of ketones is 1. The number of aliphatic hydroxyl groups excluding tert-OH is 2. The molecule has 8 rings (SSSR count). The van der Waals surface area contributed by atoms with Crippen LogP contribution in [0.4, 0.5) is 0 Å². The fraction of sp³-hybridized carbons (Fsp3) is 0.365. The lowest BCUT2D eigenvalue weighted by Crippen LogP contribution is -2.53. The van der Waals surface area contributed by atoms with Gasteiger partial charge < -0.3 is 20.1 Å². The molecule has 302 valence electrons. The molecule has 2 bridgehead atoms. The van der Waals surface area contributed by atoms with Gasteiger partial charge in [-0.1, -0.05) is 146 Å². The van der Waals surface area contributed by atoms with Crippen LogP contribution in [-0.2, 0) is 24.3 Å². The molecule has 3 aliphatic carbocycles. The van der Waals surface area contributed by atoms with E-state index in [4.69, 9.17) is 4.74 Å². The number of hydrogen-bond donors (Lipinski definition) is 3. The van der Waals surface area contributed by atoms with Crippen LogP contribution in [0, 0.1) is 5.41 Å². The zero-order chi connectivity index (χ0) is 40.5. The Labute approximate surface area is 344 Å². The summed E-state index contributed by atoms with van der Waals surface area (Å²) in [5.41, 5.74) is 6.98. The summed E-state index contributed by atoms with van der Waals surface area (Å²) in [4.78, 5) is 16.9. The second-order valence-corrected chi connectivity index (χ2v) is 17.0. The van der Waals surface area contributed by atoms with Crippen molar-refractivity contribution in [1.82, 2.24) is 4.90 Å². The van der Waals surface area contributed by atoms with E-state index in [2.05, 4.69) is 61.2 Å². The molecule has 0 aliphatic heterocycles. The molecule has 3 aliphatic rings. The van der Waals surface area contributed by atoms with E-state index in [0.29, 0.717) is 63.1 Å². The number of rotatable bonds is 13. The molecular weight excluding hydrogens is 719 g/mol. The van der Waals surface area contributed by atoms with Gasteiger partial charge in [0, 0.05) is 36.2 Å². The van der Waals surface area contributed by atoms with E-state index in [1.807, 2.05) is 97.1 Å². The highest BCUT2D eigenvalue weighted by Gasteiger charge is 2.57. The van der Waals surface area contributed by atoms with Gasteiger partial charge in [0.2, 0.25) is 0 Å². The Balaban J connectivity index is 1.21. The third-order valence-corrected chi connectivity index (χ3v) is 12.8. The van der Waals surface area contributed by atoms with Crippen LogP contribution >= 0.6 is 0 Å². The van der Waals surface area contributed by atoms with Gasteiger partial charge in [-0.25, -0.2) is 0 Å². The number of nitrogens with zero attached hydrogens (tertiary/aromatic N) is 1. The van der Waals surface area contributed by atoms with E-state index >= 15 is 0 Å². The number of ether oxygens (including phenoxy) is 1. The standard InChI is InChI=1S/C52H59NO5/c1-38-13-12-29-51(2)49(28-30-52(51,57)37-53(33-39-14-6-3-7-15-39)34-46(55)36-58-35-40-16-8-4-9-17-40)47-27-21-41(31-45(54)26-20-38)32-48(47)50(56)44-24-22-43(23-25-44)42-18-10-5-11-19-42/h3-11,13-19,21-25,27,32,45-46,49,54-55,57H,12,20,26,28-31,33-37H2,1-2H3. The Bertz CT molecular complexity index is 2120. The van der Waals surface area contributed by atoms with E-state index in [1.165, 1.54) is 5.57 Å². The predicted molar refractivity (Wildman–Crippen MR) is 233 cm³/mol. The number of aliphatic hydroxyl groups is 3. The molecule has 1 saturated carbocycles. The Kier molecular flexibility index (Phi) is 13.5. The first kappa shape index (κ1) is 41.5. The minimum Gasteiger partial charge on any atom is -0.393 e. The first-order chi connectivity index (χ1) is 28.1. The fourth-order valence-electron chi connectivity index (χ4n) is 9.43. The van der Waals surface area contributed by atoms with Crippen LogP contribution in [0.15, 0.2) is 145 Å². The smallest absolute Gasteiger partial charge is 0.193 e. The van der Waals surface area contributed by atoms with Crippen molar-refractivity contribution >= 4 is 5.78 Å². The van der Waals surface area contributed by atoms with Crippen molar-refractivity contribution in [2.45, 2.75) is 95.7 Å². The summed E-state index contributed by atoms with van der Waals surface area (Å²) in [6, 6.07) is 44.4. The highest BCUT2D eigenvalue weighted by atomic mass is 16.5. The van der Waals surface area contributed by atoms with Crippen LogP contribution in [0.3, 0.4) is 0 Å². The summed E-state index contributed by atoms with van der Waals surface area (Å²) in [7, 11) is 0. The first-order valence-electron chi connectivity index (χ1n) is 21.1. The Hall–Kier alpha value is -4.69. The molecule has 6 heteroatoms. The molecule has 5 aromatic carbocycles. The van der Waals surface area contributed by atoms with Crippen LogP contribution in [0.1, 0.15) is 96.5 Å². The van der Waals surface area contributed by atoms with Crippen molar-refractivity contribution < 1.29 is 24.9 Å². The molecule has 5 aromatic rings. The van der Waals surface area contributed by atoms with E-state index in [1.54, 1.807) is 0 Å². The second kappa shape index (κ2) is 18.9. The fourth-order valence-corrected chi connectivity index (χ4v) is 9.43. The number of hydrogen-bond acceptors (Lipinski definition) is 6. The quantitative estimate of drug-likeness (QED) is 0.0816. The highest BCUT2D eigenvalue weighted by Crippen LogP contribution is 2.59. The molecule has 1 fully saturated rings. The average Bonchev–Trinajstić information content (AvgIpc) is 3.49. The molecule has 5 atom stereocenters. The lowest BCUT2D eigenvalue weighted by atomic mass is 9.64. The number of carbonyl (C=O) groups is 1. The van der Waals surface area contributed by atoms with Crippen molar-refractivity contribution in [2.75, 3.05) is 19.7 Å². The van der Waals surface area contributed by atoms with Crippen LogP contribution in [0.2, 0.25) is 0 Å². The predicted octanol–water partition coefficient (Wildman–Crippen LogP) is 9.70. The van der Waals surface area contributed by atoms with Gasteiger partial charge in [0.05, 0.1) is 31.0 Å². The molecule has 0 spiro atoms. The third kappa shape index (κ3) is 9.94. The lowest BCUT2D eigenvalue weighted by Gasteiger charge is -2.46. The normalized spacial score (nSPS) is 22.9. The van der Waals surface area contributed by atoms with Crippen molar-refractivity contribution in [3.63, 3.8) is 0 Å². The molecule has 0 aromatic heterocycles. The topological polar surface area (TPSA) is 90.2 Å². The first-order valence-corrected chi connectivity index (χ1v) is 21.1. The maximum Gasteiger partial charge on any atom is 0.193 e. The molecule has 58 heavy (non-hydrogen) atoms. The summed E-state index contributed by atoms with van der Waals surface area (Å²) >= 11 is 0. The number of fused-ring (bicyclic) bond motifs is 8. The van der Waals surface area contributed by atoms with Crippen LogP contribution in [0.25, 0.3) is 11.1 Å². The molecule has 0 radical (unpaired) electrons. The molecule has 0 amide bonds. The van der Waals surface area contributed by atoms with Crippen LogP contribution < -0.4 is 0 Å². The molecule has 5 unspecified atom stereocenters. The average molecular weight is 778 g/mol. The van der Waals surface area contributed by atoms with E-state index in [0.717, 1.165) is 52.6 Å². The zero-order valence-electron chi connectivity index (χ0n) is 34.1. The number of benzene rings is 5. The van der Waals surface area contributed by atoms with Gasteiger partial charge in [0.1, 0.15) is 0 Å². The second-order valence-electron chi connectivity index (χ2n) is 17.0. The van der Waals surface area contributed by atoms with Crippen molar-refractivity contribution in [3.05, 3.63) is 178 Å². The summed E-state index contributed by atoms with van der Waals surface area (Å²) in [6.07, 6.45) is 5.68. The molecular formula is C52H59NO5. The van der Waals surface area contributed by atoms with E-state index < -0.39 is 23.2 Å². The lowest BCUT2D eigenvalue weighted by molar-refractivity contribution is -0.0923. The summed E-state index contributed by atoms with van der Waals surface area (Å²) < 4.78 is 5.97. The van der Waals surface area contributed by atoms with Gasteiger partial charge >= 0.3 is 0 Å². The summed E-state index contributed by atoms with van der Waals surface area (Å²) in [5, 5.41) is 35.6. The van der Waals surface area contributed by atoms with Crippen molar-refractivity contribution in [1.29, 1.82) is 0 Å². The third-order valence-electron chi connectivity index (χ3n) is 12.8. The zero-order valence-corrected chi connectivity index (χ0v) is 34.1. The van der Waals surface area contributed by atoms with E-state index in [9.17, 15) is 20.1 Å². The van der Waals surface area contributed by atoms with Gasteiger partial charge in [-0.2, -0.15) is 0 Å². The molecule has 3 N–H and O–H groups in total. The van der Waals surface area contributed by atoms with Crippen molar-refractivity contribution in [2.24, 2.45) is 5.41 Å². The summed E-state index contributed by atoms with van der Waals surface area (Å²) in [6.45, 7) is 6.23. The monoisotopic (exact) mass is 777 g/mol. The number of allylic oxidation sites excluding steroid dienone is 2. The maximum atomic E-state index is 14.7. The highest BCUT2D eigenvalue weighted by molar-refractivity contribution is 6.10. The van der Waals surface area contributed by atoms with Gasteiger partial charge in [0.25, 0.3) is 0 Å². The maximum absolute atomic E-state index is 14.7.